The minimum absolute atomic E-state index is 0.0513. The van der Waals surface area contributed by atoms with E-state index >= 15 is 0 Å². The largest absolute Gasteiger partial charge is 0.383 e. The first-order valence-corrected chi connectivity index (χ1v) is 8.31. The fourth-order valence-corrected chi connectivity index (χ4v) is 3.66. The molecular weight excluding hydrogens is 312 g/mol. The number of methoxy groups -OCH3 is 1. The predicted molar refractivity (Wildman–Crippen MR) is 93.9 cm³/mol. The fraction of sp³-hybridized carbons (Fsp3) is 0.562. The molecule has 2 aromatic rings. The second kappa shape index (κ2) is 6.41. The summed E-state index contributed by atoms with van der Waals surface area (Å²) >= 11 is 1.34. The summed E-state index contributed by atoms with van der Waals surface area (Å²) < 4.78 is 5.47. The van der Waals surface area contributed by atoms with E-state index in [1.54, 1.807) is 14.0 Å². The highest BCUT2D eigenvalue weighted by Crippen LogP contribution is 2.32. The van der Waals surface area contributed by atoms with Gasteiger partial charge in [0.2, 0.25) is 0 Å². The summed E-state index contributed by atoms with van der Waals surface area (Å²) in [7, 11) is 1.66. The van der Waals surface area contributed by atoms with E-state index in [-0.39, 0.29) is 17.4 Å². The lowest BCUT2D eigenvalue weighted by Gasteiger charge is -2.29. The molecule has 0 aliphatic carbocycles. The molecule has 7 heteroatoms. The maximum atomic E-state index is 12.5. The zero-order valence-electron chi connectivity index (χ0n) is 14.5. The Bertz CT molecular complexity index is 734. The molecule has 0 aromatic carbocycles. The van der Waals surface area contributed by atoms with Gasteiger partial charge in [-0.25, -0.2) is 9.97 Å². The van der Waals surface area contributed by atoms with Gasteiger partial charge >= 0.3 is 0 Å². The number of aromatic nitrogens is 2. The summed E-state index contributed by atoms with van der Waals surface area (Å²) in [5.74, 6) is 0.897. The van der Waals surface area contributed by atoms with E-state index in [2.05, 4.69) is 36.1 Å². The minimum atomic E-state index is -0.131. The Morgan fingerprint density at radius 1 is 1.35 bits per heavy atom. The van der Waals surface area contributed by atoms with Crippen molar-refractivity contribution in [1.82, 2.24) is 15.3 Å². The van der Waals surface area contributed by atoms with Crippen molar-refractivity contribution in [3.63, 3.8) is 0 Å². The standard InChI is InChI=1S/C16H24N4O2S/c1-8-11-13(17)19-9(2)20-15(11)23-12(8)14(21)18-7-10(22-6)16(3,4)5/h10H,7H2,1-6H3,(H,18,21)(H2,17,19,20)/t10-/m0/s1. The van der Waals surface area contributed by atoms with Crippen molar-refractivity contribution in [3.05, 3.63) is 16.3 Å². The van der Waals surface area contributed by atoms with Gasteiger partial charge in [-0.05, 0) is 24.8 Å². The zero-order valence-corrected chi connectivity index (χ0v) is 15.3. The molecule has 0 spiro atoms. The first kappa shape index (κ1) is 17.6. The maximum absolute atomic E-state index is 12.5. The second-order valence-electron chi connectivity index (χ2n) is 6.69. The van der Waals surface area contributed by atoms with Crippen LogP contribution in [0, 0.1) is 19.3 Å². The van der Waals surface area contributed by atoms with Crippen molar-refractivity contribution in [2.24, 2.45) is 5.41 Å². The predicted octanol–water partition coefficient (Wildman–Crippen LogP) is 2.68. The van der Waals surface area contributed by atoms with Crippen LogP contribution in [0.3, 0.4) is 0 Å². The number of anilines is 1. The fourth-order valence-electron chi connectivity index (χ4n) is 2.51. The highest BCUT2D eigenvalue weighted by Gasteiger charge is 2.26. The van der Waals surface area contributed by atoms with Crippen LogP contribution >= 0.6 is 11.3 Å². The molecule has 0 radical (unpaired) electrons. The quantitative estimate of drug-likeness (QED) is 0.896. The molecule has 23 heavy (non-hydrogen) atoms. The monoisotopic (exact) mass is 336 g/mol. The van der Waals surface area contributed by atoms with Gasteiger partial charge in [0.05, 0.1) is 16.4 Å². The molecule has 1 amide bonds. The lowest BCUT2D eigenvalue weighted by atomic mass is 9.89. The number of ether oxygens (including phenoxy) is 1. The number of fused-ring (bicyclic) bond motifs is 1. The summed E-state index contributed by atoms with van der Waals surface area (Å²) in [6, 6.07) is 0. The maximum Gasteiger partial charge on any atom is 0.261 e. The molecule has 0 saturated carbocycles. The third kappa shape index (κ3) is 3.61. The molecule has 2 aromatic heterocycles. The molecule has 126 valence electrons. The average molecular weight is 336 g/mol. The number of carbonyl (C=O) groups excluding carboxylic acids is 1. The number of amides is 1. The number of carbonyl (C=O) groups is 1. The van der Waals surface area contributed by atoms with Gasteiger partial charge in [-0.15, -0.1) is 11.3 Å². The van der Waals surface area contributed by atoms with Gasteiger partial charge in [0.1, 0.15) is 16.5 Å². The van der Waals surface area contributed by atoms with Crippen molar-refractivity contribution in [1.29, 1.82) is 0 Å². The molecule has 0 fully saturated rings. The number of thiophene rings is 1. The van der Waals surface area contributed by atoms with E-state index in [1.165, 1.54) is 11.3 Å². The van der Waals surface area contributed by atoms with Gasteiger partial charge in [-0.3, -0.25) is 4.79 Å². The molecule has 2 heterocycles. The number of hydrogen-bond acceptors (Lipinski definition) is 6. The summed E-state index contributed by atoms with van der Waals surface area (Å²) in [6.45, 7) is 10.4. The third-order valence-corrected chi connectivity index (χ3v) is 5.02. The number of aryl methyl sites for hydroxylation is 2. The van der Waals surface area contributed by atoms with Crippen LogP contribution in [0.15, 0.2) is 0 Å². The van der Waals surface area contributed by atoms with Crippen molar-refractivity contribution in [3.8, 4) is 0 Å². The van der Waals surface area contributed by atoms with Crippen LogP contribution < -0.4 is 11.1 Å². The van der Waals surface area contributed by atoms with E-state index in [1.807, 2.05) is 6.92 Å². The van der Waals surface area contributed by atoms with Gasteiger partial charge < -0.3 is 15.8 Å². The van der Waals surface area contributed by atoms with Crippen LogP contribution in [-0.2, 0) is 4.74 Å². The smallest absolute Gasteiger partial charge is 0.261 e. The molecule has 6 nitrogen and oxygen atoms in total. The highest BCUT2D eigenvalue weighted by molar-refractivity contribution is 7.20. The molecule has 2 rings (SSSR count). The molecule has 0 bridgehead atoms. The summed E-state index contributed by atoms with van der Waals surface area (Å²) in [5, 5.41) is 3.72. The number of hydrogen-bond donors (Lipinski definition) is 2. The Labute approximate surface area is 140 Å². The Kier molecular flexibility index (Phi) is 4.91. The van der Waals surface area contributed by atoms with E-state index in [4.69, 9.17) is 10.5 Å². The minimum Gasteiger partial charge on any atom is -0.383 e. The molecule has 0 unspecified atom stereocenters. The van der Waals surface area contributed by atoms with Crippen LogP contribution in [0.4, 0.5) is 5.82 Å². The van der Waals surface area contributed by atoms with Gasteiger partial charge in [-0.1, -0.05) is 20.8 Å². The Hall–Kier alpha value is -1.73. The van der Waals surface area contributed by atoms with E-state index in [9.17, 15) is 4.79 Å². The second-order valence-corrected chi connectivity index (χ2v) is 7.69. The molecule has 0 aliphatic rings. The van der Waals surface area contributed by atoms with Crippen molar-refractivity contribution in [2.45, 2.75) is 40.7 Å². The molecule has 0 saturated heterocycles. The number of nitrogens with two attached hydrogens (primary N) is 1. The van der Waals surface area contributed by atoms with Gasteiger partial charge in [0, 0.05) is 13.7 Å². The summed E-state index contributed by atoms with van der Waals surface area (Å²) in [4.78, 5) is 22.5. The number of nitrogen functional groups attached to an aromatic ring is 1. The number of nitrogens with zero attached hydrogens (tertiary/aromatic N) is 2. The van der Waals surface area contributed by atoms with Gasteiger partial charge in [0.25, 0.3) is 5.91 Å². The van der Waals surface area contributed by atoms with E-state index in [0.717, 1.165) is 15.8 Å². The topological polar surface area (TPSA) is 90.1 Å². The lowest BCUT2D eigenvalue weighted by molar-refractivity contribution is 0.0176. The Morgan fingerprint density at radius 2 is 2.00 bits per heavy atom. The number of rotatable bonds is 4. The van der Waals surface area contributed by atoms with E-state index in [0.29, 0.717) is 23.1 Å². The first-order valence-electron chi connectivity index (χ1n) is 7.49. The van der Waals surface area contributed by atoms with Crippen LogP contribution in [0.5, 0.6) is 0 Å². The number of nitrogens with one attached hydrogen (secondary N) is 1. The Balaban J connectivity index is 2.25. The SMILES string of the molecule is CO[C@@H](CNC(=O)c1sc2nc(C)nc(N)c2c1C)C(C)(C)C. The van der Waals surface area contributed by atoms with Crippen LogP contribution in [0.25, 0.3) is 10.2 Å². The van der Waals surface area contributed by atoms with Crippen LogP contribution in [0.1, 0.15) is 41.8 Å². The van der Waals surface area contributed by atoms with Gasteiger partial charge in [-0.2, -0.15) is 0 Å². The average Bonchev–Trinajstić information content (AvgIpc) is 2.74. The van der Waals surface area contributed by atoms with E-state index < -0.39 is 0 Å². The first-order chi connectivity index (χ1) is 10.6. The third-order valence-electron chi connectivity index (χ3n) is 3.83. The van der Waals surface area contributed by atoms with Crippen LogP contribution in [0.2, 0.25) is 0 Å². The molecule has 3 N–H and O–H groups in total. The molecule has 1 atom stereocenters. The molecular formula is C16H24N4O2S. The highest BCUT2D eigenvalue weighted by atomic mass is 32.1. The summed E-state index contributed by atoms with van der Waals surface area (Å²) in [6.07, 6.45) is -0.0618. The van der Waals surface area contributed by atoms with Crippen molar-refractivity contribution >= 4 is 33.3 Å². The summed E-state index contributed by atoms with van der Waals surface area (Å²) in [5.41, 5.74) is 6.75. The van der Waals surface area contributed by atoms with Crippen molar-refractivity contribution in [2.75, 3.05) is 19.4 Å². The van der Waals surface area contributed by atoms with Crippen molar-refractivity contribution < 1.29 is 9.53 Å². The lowest BCUT2D eigenvalue weighted by Crippen LogP contribution is -2.40. The normalized spacial score (nSPS) is 13.3. The van der Waals surface area contributed by atoms with Gasteiger partial charge in [0.15, 0.2) is 0 Å². The van der Waals surface area contributed by atoms with Crippen LogP contribution in [-0.4, -0.2) is 35.6 Å². The Morgan fingerprint density at radius 3 is 2.57 bits per heavy atom. The zero-order chi connectivity index (χ0) is 17.4. The molecule has 0 aliphatic heterocycles.